The van der Waals surface area contributed by atoms with Gasteiger partial charge in [0.05, 0.1) is 35.4 Å². The third kappa shape index (κ3) is 3.05. The number of nitrogens with one attached hydrogen (secondary N) is 1. The molecule has 0 unspecified atom stereocenters. The van der Waals surface area contributed by atoms with Gasteiger partial charge in [-0.05, 0) is 12.1 Å². The fraction of sp³-hybridized carbons (Fsp3) is 0.190. The number of hydrogen-bond donors (Lipinski definition) is 1. The number of aromatic amines is 1. The van der Waals surface area contributed by atoms with Gasteiger partial charge in [0, 0.05) is 36.9 Å². The van der Waals surface area contributed by atoms with Gasteiger partial charge in [-0.25, -0.2) is 9.97 Å². The first-order valence-electron chi connectivity index (χ1n) is 9.46. The molecule has 0 saturated carbocycles. The van der Waals surface area contributed by atoms with E-state index in [0.717, 1.165) is 27.4 Å². The van der Waals surface area contributed by atoms with Crippen LogP contribution in [-0.2, 0) is 17.8 Å². The molecule has 1 N–H and O–H groups in total. The minimum absolute atomic E-state index is 0.315. The van der Waals surface area contributed by atoms with Gasteiger partial charge in [0.25, 0.3) is 5.89 Å². The van der Waals surface area contributed by atoms with Crippen LogP contribution in [0.3, 0.4) is 0 Å². The third-order valence-electron chi connectivity index (χ3n) is 4.75. The number of pyridine rings is 1. The Kier molecular flexibility index (Phi) is 4.56. The zero-order valence-electron chi connectivity index (χ0n) is 16.4. The molecule has 0 amide bonds. The highest BCUT2D eigenvalue weighted by atomic mass is 16.5. The maximum Gasteiger partial charge on any atom is 0.276 e. The summed E-state index contributed by atoms with van der Waals surface area (Å²) in [6, 6.07) is 5.79. The van der Waals surface area contributed by atoms with Crippen LogP contribution in [-0.4, -0.2) is 37.2 Å². The fourth-order valence-corrected chi connectivity index (χ4v) is 3.47. The van der Waals surface area contributed by atoms with Crippen LogP contribution in [0.25, 0.3) is 33.4 Å². The Morgan fingerprint density at radius 3 is 2.77 bits per heavy atom. The van der Waals surface area contributed by atoms with Crippen molar-refractivity contribution in [2.45, 2.75) is 20.0 Å². The third-order valence-corrected chi connectivity index (χ3v) is 4.75. The molecule has 0 bridgehead atoms. The molecule has 0 aliphatic heterocycles. The molecule has 150 valence electrons. The Morgan fingerprint density at radius 1 is 1.07 bits per heavy atom. The SMILES string of the molecule is CCc1noc(-c2ncc3[nH]c4cccc(Oc5cnccn5)c4c3c2COC)n1. The first kappa shape index (κ1) is 18.2. The Labute approximate surface area is 171 Å². The predicted octanol–water partition coefficient (Wildman–Crippen LogP) is 4.06. The zero-order valence-corrected chi connectivity index (χ0v) is 16.4. The maximum atomic E-state index is 6.05. The van der Waals surface area contributed by atoms with Crippen molar-refractivity contribution < 1.29 is 14.0 Å². The summed E-state index contributed by atoms with van der Waals surface area (Å²) in [5, 5.41) is 5.82. The van der Waals surface area contributed by atoms with Crippen molar-refractivity contribution in [3.63, 3.8) is 0 Å². The lowest BCUT2D eigenvalue weighted by Crippen LogP contribution is -1.97. The van der Waals surface area contributed by atoms with Gasteiger partial charge in [0.2, 0.25) is 5.88 Å². The van der Waals surface area contributed by atoms with Crippen LogP contribution in [0, 0.1) is 0 Å². The van der Waals surface area contributed by atoms with E-state index in [-0.39, 0.29) is 0 Å². The van der Waals surface area contributed by atoms with Crippen molar-refractivity contribution in [2.75, 3.05) is 7.11 Å². The molecule has 5 aromatic rings. The van der Waals surface area contributed by atoms with Crippen molar-refractivity contribution in [3.8, 4) is 23.2 Å². The molecule has 4 aromatic heterocycles. The molecule has 0 atom stereocenters. The molecule has 0 spiro atoms. The average molecular weight is 402 g/mol. The molecule has 0 aliphatic carbocycles. The van der Waals surface area contributed by atoms with E-state index in [1.807, 2.05) is 25.1 Å². The lowest BCUT2D eigenvalue weighted by molar-refractivity contribution is 0.186. The summed E-state index contributed by atoms with van der Waals surface area (Å²) in [6.45, 7) is 2.28. The van der Waals surface area contributed by atoms with Gasteiger partial charge in [0.1, 0.15) is 11.4 Å². The zero-order chi connectivity index (χ0) is 20.5. The number of methoxy groups -OCH3 is 1. The second-order valence-corrected chi connectivity index (χ2v) is 6.63. The summed E-state index contributed by atoms with van der Waals surface area (Å²) < 4.78 is 17.0. The molecule has 4 heterocycles. The van der Waals surface area contributed by atoms with Gasteiger partial charge < -0.3 is 19.0 Å². The quantitative estimate of drug-likeness (QED) is 0.453. The minimum Gasteiger partial charge on any atom is -0.437 e. The average Bonchev–Trinajstić information content (AvgIpc) is 3.40. The number of fused-ring (bicyclic) bond motifs is 3. The van der Waals surface area contributed by atoms with E-state index < -0.39 is 0 Å². The fourth-order valence-electron chi connectivity index (χ4n) is 3.47. The number of aryl methyl sites for hydroxylation is 1. The number of rotatable bonds is 6. The van der Waals surface area contributed by atoms with Crippen LogP contribution in [0.4, 0.5) is 0 Å². The molecule has 9 nitrogen and oxygen atoms in total. The van der Waals surface area contributed by atoms with E-state index in [4.69, 9.17) is 14.0 Å². The normalized spacial score (nSPS) is 11.4. The number of hydrogen-bond acceptors (Lipinski definition) is 8. The van der Waals surface area contributed by atoms with Crippen molar-refractivity contribution >= 4 is 21.8 Å². The van der Waals surface area contributed by atoms with Crippen molar-refractivity contribution in [1.82, 2.24) is 30.1 Å². The van der Waals surface area contributed by atoms with Gasteiger partial charge >= 0.3 is 0 Å². The highest BCUT2D eigenvalue weighted by Gasteiger charge is 2.21. The molecule has 0 radical (unpaired) electrons. The first-order chi connectivity index (χ1) is 14.8. The van der Waals surface area contributed by atoms with Gasteiger partial charge in [-0.2, -0.15) is 4.98 Å². The second-order valence-electron chi connectivity index (χ2n) is 6.63. The molecule has 0 fully saturated rings. The van der Waals surface area contributed by atoms with Crippen LogP contribution < -0.4 is 4.74 Å². The van der Waals surface area contributed by atoms with Gasteiger partial charge in [-0.3, -0.25) is 4.98 Å². The van der Waals surface area contributed by atoms with E-state index in [0.29, 0.717) is 42.1 Å². The summed E-state index contributed by atoms with van der Waals surface area (Å²) in [5.41, 5.74) is 3.18. The second kappa shape index (κ2) is 7.53. The van der Waals surface area contributed by atoms with E-state index >= 15 is 0 Å². The summed E-state index contributed by atoms with van der Waals surface area (Å²) in [4.78, 5) is 20.7. The van der Waals surface area contributed by atoms with Crippen LogP contribution in [0.1, 0.15) is 18.3 Å². The number of aromatic nitrogens is 6. The lowest BCUT2D eigenvalue weighted by atomic mass is 10.0. The van der Waals surface area contributed by atoms with Gasteiger partial charge in [0.15, 0.2) is 5.82 Å². The Balaban J connectivity index is 1.77. The monoisotopic (exact) mass is 402 g/mol. The Morgan fingerprint density at radius 2 is 2.00 bits per heavy atom. The summed E-state index contributed by atoms with van der Waals surface area (Å²) in [5.74, 6) is 2.04. The maximum absolute atomic E-state index is 6.05. The van der Waals surface area contributed by atoms with Crippen LogP contribution in [0.15, 0.2) is 47.5 Å². The van der Waals surface area contributed by atoms with E-state index in [1.54, 1.807) is 31.9 Å². The molecular weight excluding hydrogens is 384 g/mol. The largest absolute Gasteiger partial charge is 0.437 e. The molecule has 0 saturated heterocycles. The van der Waals surface area contributed by atoms with Crippen LogP contribution >= 0.6 is 0 Å². The number of nitrogens with zero attached hydrogens (tertiary/aromatic N) is 5. The summed E-state index contributed by atoms with van der Waals surface area (Å²) >= 11 is 0. The molecule has 9 heteroatoms. The summed E-state index contributed by atoms with van der Waals surface area (Å²) in [6.07, 6.45) is 7.19. The topological polar surface area (TPSA) is 112 Å². The molecule has 5 rings (SSSR count). The number of ether oxygens (including phenoxy) is 2. The van der Waals surface area contributed by atoms with E-state index in [2.05, 4.69) is 30.1 Å². The van der Waals surface area contributed by atoms with Crippen molar-refractivity contribution in [2.24, 2.45) is 0 Å². The van der Waals surface area contributed by atoms with E-state index in [1.165, 1.54) is 0 Å². The molecule has 1 aromatic carbocycles. The van der Waals surface area contributed by atoms with Gasteiger partial charge in [-0.15, -0.1) is 0 Å². The van der Waals surface area contributed by atoms with Gasteiger partial charge in [-0.1, -0.05) is 18.1 Å². The number of benzene rings is 1. The van der Waals surface area contributed by atoms with Crippen LogP contribution in [0.5, 0.6) is 11.6 Å². The van der Waals surface area contributed by atoms with Crippen molar-refractivity contribution in [3.05, 3.63) is 54.4 Å². The smallest absolute Gasteiger partial charge is 0.276 e. The Bertz CT molecular complexity index is 1330. The molecule has 30 heavy (non-hydrogen) atoms. The standard InChI is InChI=1S/C21H18N6O3/c1-3-16-26-21(30-27-16)20-12(11-28-2)18-14(9-24-20)25-13-5-4-6-15(19(13)18)29-17-10-22-7-8-23-17/h4-10,25H,3,11H2,1-2H3. The Hall–Kier alpha value is -3.85. The van der Waals surface area contributed by atoms with Crippen LogP contribution in [0.2, 0.25) is 0 Å². The number of H-pyrrole nitrogens is 1. The molecule has 0 aliphatic rings. The minimum atomic E-state index is 0.315. The predicted molar refractivity (Wildman–Crippen MR) is 109 cm³/mol. The van der Waals surface area contributed by atoms with E-state index in [9.17, 15) is 0 Å². The highest BCUT2D eigenvalue weighted by molar-refractivity contribution is 6.12. The summed E-state index contributed by atoms with van der Waals surface area (Å²) in [7, 11) is 1.64. The first-order valence-corrected chi connectivity index (χ1v) is 9.46. The lowest BCUT2D eigenvalue weighted by Gasteiger charge is -2.09. The molecular formula is C21H18N6O3. The van der Waals surface area contributed by atoms with Crippen molar-refractivity contribution in [1.29, 1.82) is 0 Å². The highest BCUT2D eigenvalue weighted by Crippen LogP contribution is 2.39.